The Morgan fingerprint density at radius 3 is 2.48 bits per heavy atom. The molecule has 4 rings (SSSR count). The summed E-state index contributed by atoms with van der Waals surface area (Å²) >= 11 is 0. The Kier molecular flexibility index (Phi) is 5.37. The maximum Gasteiger partial charge on any atom is 0.416 e. The molecule has 4 aromatic rings. The minimum Gasteiger partial charge on any atom is -0.460 e. The number of amides is 1. The summed E-state index contributed by atoms with van der Waals surface area (Å²) in [6.07, 6.45) is -4.44. The van der Waals surface area contributed by atoms with Crippen LogP contribution < -0.4 is 5.32 Å². The number of nitrogens with one attached hydrogen (secondary N) is 1. The average Bonchev–Trinajstić information content (AvgIpc) is 3.39. The first-order valence-corrected chi connectivity index (χ1v) is 9.48. The number of rotatable bonds is 5. The number of carbonyl (C=O) groups is 1. The number of alkyl halides is 3. The van der Waals surface area contributed by atoms with E-state index in [0.717, 1.165) is 12.1 Å². The highest BCUT2D eigenvalue weighted by atomic mass is 19.4. The molecule has 0 saturated carbocycles. The second kappa shape index (κ2) is 8.14. The number of hydrogen-bond acceptors (Lipinski definition) is 3. The van der Waals surface area contributed by atoms with E-state index in [-0.39, 0.29) is 12.2 Å². The van der Waals surface area contributed by atoms with E-state index in [1.54, 1.807) is 37.3 Å². The molecule has 1 N–H and O–H groups in total. The topological polar surface area (TPSA) is 60.1 Å². The molecule has 1 amide bonds. The molecule has 2 aromatic carbocycles. The predicted octanol–water partition coefficient (Wildman–Crippen LogP) is 5.39. The molecule has 2 heterocycles. The fourth-order valence-corrected chi connectivity index (χ4v) is 3.13. The van der Waals surface area contributed by atoms with Crippen LogP contribution >= 0.6 is 0 Å². The van der Waals surface area contributed by atoms with Crippen molar-refractivity contribution < 1.29 is 22.4 Å². The Labute approximate surface area is 176 Å². The van der Waals surface area contributed by atoms with Crippen molar-refractivity contribution in [2.75, 3.05) is 0 Å². The number of nitrogens with zero attached hydrogens (tertiary/aromatic N) is 2. The number of para-hydroxylation sites is 1. The molecule has 0 bridgehead atoms. The van der Waals surface area contributed by atoms with E-state index in [4.69, 9.17) is 4.42 Å². The second-order valence-electron chi connectivity index (χ2n) is 6.95. The summed E-state index contributed by atoms with van der Waals surface area (Å²) in [5.74, 6) is 0.752. The van der Waals surface area contributed by atoms with Crippen LogP contribution in [0.25, 0.3) is 17.1 Å². The van der Waals surface area contributed by atoms with Crippen molar-refractivity contribution in [2.24, 2.45) is 0 Å². The van der Waals surface area contributed by atoms with Gasteiger partial charge in [-0.1, -0.05) is 30.3 Å². The summed E-state index contributed by atoms with van der Waals surface area (Å²) in [7, 11) is 0. The van der Waals surface area contributed by atoms with E-state index in [2.05, 4.69) is 10.4 Å². The molecule has 0 aliphatic heterocycles. The molecule has 0 unspecified atom stereocenters. The normalized spacial score (nSPS) is 11.5. The van der Waals surface area contributed by atoms with Gasteiger partial charge in [-0.15, -0.1) is 0 Å². The summed E-state index contributed by atoms with van der Waals surface area (Å²) in [6.45, 7) is 1.75. The van der Waals surface area contributed by atoms with Crippen LogP contribution in [0.15, 0.2) is 77.2 Å². The molecule has 0 radical (unpaired) electrons. The minimum absolute atomic E-state index is 0.0576. The quantitative estimate of drug-likeness (QED) is 0.466. The zero-order valence-electron chi connectivity index (χ0n) is 16.5. The average molecular weight is 425 g/mol. The summed E-state index contributed by atoms with van der Waals surface area (Å²) in [5, 5.41) is 7.18. The van der Waals surface area contributed by atoms with Gasteiger partial charge in [-0.2, -0.15) is 18.3 Å². The molecule has 0 saturated heterocycles. The Morgan fingerprint density at radius 2 is 1.81 bits per heavy atom. The second-order valence-corrected chi connectivity index (χ2v) is 6.95. The van der Waals surface area contributed by atoms with Crippen molar-refractivity contribution in [2.45, 2.75) is 19.6 Å². The number of aryl methyl sites for hydroxylation is 1. The Hall–Kier alpha value is -3.81. The minimum atomic E-state index is -4.44. The van der Waals surface area contributed by atoms with Crippen LogP contribution in [0, 0.1) is 6.92 Å². The molecule has 0 spiro atoms. The van der Waals surface area contributed by atoms with E-state index in [1.807, 2.05) is 18.2 Å². The standard InChI is InChI=1S/C23H18F3N3O2/c1-15-10-11-21(31-15)19-13-20(29(28-19)18-8-3-2-4-9-18)22(30)27-14-16-6-5-7-17(12-16)23(24,25)26/h2-13H,14H2,1H3,(H,27,30). The first-order chi connectivity index (χ1) is 14.8. The van der Waals surface area contributed by atoms with Crippen LogP contribution in [0.1, 0.15) is 27.4 Å². The van der Waals surface area contributed by atoms with Gasteiger partial charge in [0.1, 0.15) is 17.1 Å². The third-order valence-electron chi connectivity index (χ3n) is 4.64. The number of halogens is 3. The maximum absolute atomic E-state index is 12.9. The van der Waals surface area contributed by atoms with Gasteiger partial charge in [0.2, 0.25) is 0 Å². The Morgan fingerprint density at radius 1 is 1.03 bits per heavy atom. The number of furan rings is 1. The van der Waals surface area contributed by atoms with E-state index >= 15 is 0 Å². The Bertz CT molecular complexity index is 1210. The number of hydrogen-bond donors (Lipinski definition) is 1. The highest BCUT2D eigenvalue weighted by Gasteiger charge is 2.30. The van der Waals surface area contributed by atoms with Crippen molar-refractivity contribution in [1.29, 1.82) is 0 Å². The Balaban J connectivity index is 1.62. The summed E-state index contributed by atoms with van der Waals surface area (Å²) in [5.41, 5.74) is 0.963. The third-order valence-corrected chi connectivity index (χ3v) is 4.64. The SMILES string of the molecule is Cc1ccc(-c2cc(C(=O)NCc3cccc(C(F)(F)F)c3)n(-c3ccccc3)n2)o1. The van der Waals surface area contributed by atoms with Gasteiger partial charge in [0.15, 0.2) is 5.76 Å². The lowest BCUT2D eigenvalue weighted by molar-refractivity contribution is -0.137. The fraction of sp³-hybridized carbons (Fsp3) is 0.130. The predicted molar refractivity (Wildman–Crippen MR) is 109 cm³/mol. The van der Waals surface area contributed by atoms with Crippen LogP contribution in [-0.4, -0.2) is 15.7 Å². The zero-order chi connectivity index (χ0) is 22.0. The summed E-state index contributed by atoms with van der Waals surface area (Å²) in [6, 6.07) is 19.1. The lowest BCUT2D eigenvalue weighted by Gasteiger charge is -2.10. The summed E-state index contributed by atoms with van der Waals surface area (Å²) < 4.78 is 45.9. The molecule has 0 fully saturated rings. The zero-order valence-corrected chi connectivity index (χ0v) is 16.5. The first-order valence-electron chi connectivity index (χ1n) is 9.48. The molecule has 158 valence electrons. The monoisotopic (exact) mass is 425 g/mol. The van der Waals surface area contributed by atoms with Gasteiger partial charge in [0.25, 0.3) is 5.91 Å². The molecule has 5 nitrogen and oxygen atoms in total. The molecule has 8 heteroatoms. The van der Waals surface area contributed by atoms with Gasteiger partial charge in [0.05, 0.1) is 11.3 Å². The van der Waals surface area contributed by atoms with Crippen LogP contribution in [-0.2, 0) is 12.7 Å². The van der Waals surface area contributed by atoms with Crippen molar-refractivity contribution >= 4 is 5.91 Å². The molecular weight excluding hydrogens is 407 g/mol. The smallest absolute Gasteiger partial charge is 0.416 e. The number of aromatic nitrogens is 2. The highest BCUT2D eigenvalue weighted by Crippen LogP contribution is 2.29. The largest absolute Gasteiger partial charge is 0.460 e. The van der Waals surface area contributed by atoms with Crippen molar-refractivity contribution in [1.82, 2.24) is 15.1 Å². The molecular formula is C23H18F3N3O2. The fourth-order valence-electron chi connectivity index (χ4n) is 3.13. The van der Waals surface area contributed by atoms with Crippen LogP contribution in [0.4, 0.5) is 13.2 Å². The molecule has 0 atom stereocenters. The molecule has 31 heavy (non-hydrogen) atoms. The lowest BCUT2D eigenvalue weighted by Crippen LogP contribution is -2.25. The van der Waals surface area contributed by atoms with Gasteiger partial charge < -0.3 is 9.73 Å². The summed E-state index contributed by atoms with van der Waals surface area (Å²) in [4.78, 5) is 12.9. The molecule has 0 aliphatic carbocycles. The van der Waals surface area contributed by atoms with E-state index in [0.29, 0.717) is 28.5 Å². The van der Waals surface area contributed by atoms with Gasteiger partial charge in [-0.3, -0.25) is 4.79 Å². The maximum atomic E-state index is 12.9. The molecule has 0 aliphatic rings. The first kappa shape index (κ1) is 20.5. The number of carbonyl (C=O) groups excluding carboxylic acids is 1. The lowest BCUT2D eigenvalue weighted by atomic mass is 10.1. The van der Waals surface area contributed by atoms with Crippen molar-refractivity contribution in [3.63, 3.8) is 0 Å². The molecule has 2 aromatic heterocycles. The van der Waals surface area contributed by atoms with E-state index in [1.165, 1.54) is 16.8 Å². The van der Waals surface area contributed by atoms with Crippen LogP contribution in [0.2, 0.25) is 0 Å². The van der Waals surface area contributed by atoms with Crippen LogP contribution in [0.3, 0.4) is 0 Å². The van der Waals surface area contributed by atoms with Crippen molar-refractivity contribution in [3.8, 4) is 17.1 Å². The van der Waals surface area contributed by atoms with Gasteiger partial charge in [-0.25, -0.2) is 4.68 Å². The van der Waals surface area contributed by atoms with E-state index in [9.17, 15) is 18.0 Å². The van der Waals surface area contributed by atoms with Gasteiger partial charge >= 0.3 is 6.18 Å². The van der Waals surface area contributed by atoms with Gasteiger partial charge in [0, 0.05) is 12.6 Å². The van der Waals surface area contributed by atoms with Gasteiger partial charge in [-0.05, 0) is 48.9 Å². The third kappa shape index (κ3) is 4.53. The van der Waals surface area contributed by atoms with Crippen LogP contribution in [0.5, 0.6) is 0 Å². The van der Waals surface area contributed by atoms with E-state index < -0.39 is 17.6 Å². The van der Waals surface area contributed by atoms with Crippen molar-refractivity contribution in [3.05, 3.63) is 95.4 Å². The number of benzene rings is 2. The highest BCUT2D eigenvalue weighted by molar-refractivity contribution is 5.94.